The molecule has 0 radical (unpaired) electrons. The van der Waals surface area contributed by atoms with Gasteiger partial charge in [-0.2, -0.15) is 4.99 Å². The van der Waals surface area contributed by atoms with E-state index >= 15 is 0 Å². The van der Waals surface area contributed by atoms with Crippen LogP contribution in [0, 0.1) is 0 Å². The van der Waals surface area contributed by atoms with Gasteiger partial charge in [-0.25, -0.2) is 0 Å². The third-order valence-electron chi connectivity index (χ3n) is 4.21. The van der Waals surface area contributed by atoms with Crippen LogP contribution in [0.15, 0.2) is 41.4 Å². The number of thiazole rings is 1. The van der Waals surface area contributed by atoms with E-state index in [4.69, 9.17) is 25.8 Å². The van der Waals surface area contributed by atoms with Crippen LogP contribution in [-0.4, -0.2) is 36.3 Å². The lowest BCUT2D eigenvalue weighted by Crippen LogP contribution is -2.23. The summed E-state index contributed by atoms with van der Waals surface area (Å²) in [5, 5.41) is 0.448. The standard InChI is InChI=1S/C20H17ClN2O5S/c1-2-26-18(24)11-23-14-9-15-16(28-7-6-27-15)10-17(14)29-20(23)22-19(25)12-4-3-5-13(21)8-12/h3-5,8-10H,2,6-7,11H2,1H3. The largest absolute Gasteiger partial charge is 0.486 e. The van der Waals surface area contributed by atoms with Crippen molar-refractivity contribution in [2.75, 3.05) is 19.8 Å². The van der Waals surface area contributed by atoms with Crippen molar-refractivity contribution < 1.29 is 23.8 Å². The molecule has 0 fully saturated rings. The van der Waals surface area contributed by atoms with Crippen molar-refractivity contribution in [3.63, 3.8) is 0 Å². The minimum Gasteiger partial charge on any atom is -0.486 e. The summed E-state index contributed by atoms with van der Waals surface area (Å²) >= 11 is 7.26. The number of fused-ring (bicyclic) bond motifs is 2. The van der Waals surface area contributed by atoms with Gasteiger partial charge in [-0.3, -0.25) is 9.59 Å². The van der Waals surface area contributed by atoms with E-state index in [-0.39, 0.29) is 13.2 Å². The number of carbonyl (C=O) groups excluding carboxylic acids is 2. The predicted molar refractivity (Wildman–Crippen MR) is 109 cm³/mol. The number of ether oxygens (including phenoxy) is 3. The summed E-state index contributed by atoms with van der Waals surface area (Å²) in [5.41, 5.74) is 1.08. The van der Waals surface area contributed by atoms with Crippen LogP contribution in [0.2, 0.25) is 5.02 Å². The van der Waals surface area contributed by atoms with Crippen molar-refractivity contribution in [3.05, 3.63) is 51.8 Å². The molecule has 0 N–H and O–H groups in total. The maximum Gasteiger partial charge on any atom is 0.326 e. The first-order valence-electron chi connectivity index (χ1n) is 8.98. The highest BCUT2D eigenvalue weighted by Crippen LogP contribution is 2.35. The van der Waals surface area contributed by atoms with Crippen molar-refractivity contribution in [2.45, 2.75) is 13.5 Å². The average Bonchev–Trinajstić information content (AvgIpc) is 3.02. The highest BCUT2D eigenvalue weighted by Gasteiger charge is 2.18. The zero-order valence-corrected chi connectivity index (χ0v) is 17.1. The van der Waals surface area contributed by atoms with Gasteiger partial charge in [0.15, 0.2) is 16.3 Å². The van der Waals surface area contributed by atoms with Crippen molar-refractivity contribution in [2.24, 2.45) is 4.99 Å². The number of hydrogen-bond donors (Lipinski definition) is 0. The van der Waals surface area contributed by atoms with Gasteiger partial charge < -0.3 is 18.8 Å². The van der Waals surface area contributed by atoms with E-state index in [0.29, 0.717) is 45.6 Å². The van der Waals surface area contributed by atoms with Gasteiger partial charge in [0.05, 0.1) is 16.8 Å². The average molecular weight is 433 g/mol. The van der Waals surface area contributed by atoms with Crippen LogP contribution in [0.4, 0.5) is 0 Å². The number of rotatable bonds is 4. The van der Waals surface area contributed by atoms with Crippen LogP contribution in [0.3, 0.4) is 0 Å². The Labute approximate surface area is 175 Å². The lowest BCUT2D eigenvalue weighted by molar-refractivity contribution is -0.143. The van der Waals surface area contributed by atoms with E-state index in [1.165, 1.54) is 11.3 Å². The fourth-order valence-corrected chi connectivity index (χ4v) is 4.18. The van der Waals surface area contributed by atoms with Crippen LogP contribution in [0.1, 0.15) is 17.3 Å². The van der Waals surface area contributed by atoms with E-state index < -0.39 is 11.9 Å². The SMILES string of the molecule is CCOC(=O)Cn1c(=NC(=O)c2cccc(Cl)c2)sc2cc3c(cc21)OCCO3. The first kappa shape index (κ1) is 19.5. The van der Waals surface area contributed by atoms with Gasteiger partial charge in [0, 0.05) is 22.7 Å². The maximum absolute atomic E-state index is 12.7. The van der Waals surface area contributed by atoms with Crippen LogP contribution < -0.4 is 14.3 Å². The number of halogens is 1. The minimum absolute atomic E-state index is 0.0743. The molecule has 150 valence electrons. The fraction of sp³-hybridized carbons (Fsp3) is 0.250. The van der Waals surface area contributed by atoms with Gasteiger partial charge >= 0.3 is 5.97 Å². The Balaban J connectivity index is 1.84. The van der Waals surface area contributed by atoms with Gasteiger partial charge in [0.1, 0.15) is 19.8 Å². The Morgan fingerprint density at radius 2 is 1.97 bits per heavy atom. The summed E-state index contributed by atoms with van der Waals surface area (Å²) in [6, 6.07) is 10.2. The summed E-state index contributed by atoms with van der Waals surface area (Å²) in [4.78, 5) is 29.4. The number of hydrogen-bond acceptors (Lipinski definition) is 6. The lowest BCUT2D eigenvalue weighted by atomic mass is 10.2. The molecule has 9 heteroatoms. The third kappa shape index (κ3) is 4.13. The molecular formula is C20H17ClN2O5S. The molecule has 7 nitrogen and oxygen atoms in total. The summed E-state index contributed by atoms with van der Waals surface area (Å²) in [5.74, 6) is 0.348. The highest BCUT2D eigenvalue weighted by atomic mass is 35.5. The fourth-order valence-electron chi connectivity index (χ4n) is 2.95. The molecule has 0 atom stereocenters. The molecule has 1 amide bonds. The summed E-state index contributed by atoms with van der Waals surface area (Å²) in [7, 11) is 0. The Kier molecular flexibility index (Phi) is 5.55. The molecule has 3 aromatic rings. The van der Waals surface area contributed by atoms with Gasteiger partial charge in [-0.15, -0.1) is 0 Å². The molecule has 1 aliphatic rings. The maximum atomic E-state index is 12.7. The van der Waals surface area contributed by atoms with Gasteiger partial charge in [-0.05, 0) is 25.1 Å². The van der Waals surface area contributed by atoms with Crippen molar-refractivity contribution >= 4 is 45.0 Å². The van der Waals surface area contributed by atoms with Crippen LogP contribution in [0.5, 0.6) is 11.5 Å². The third-order valence-corrected chi connectivity index (χ3v) is 5.48. The van der Waals surface area contributed by atoms with E-state index in [1.54, 1.807) is 41.8 Å². The smallest absolute Gasteiger partial charge is 0.326 e. The minimum atomic E-state index is -0.450. The second-order valence-corrected chi connectivity index (χ2v) is 7.61. The second-order valence-electron chi connectivity index (χ2n) is 6.17. The molecular weight excluding hydrogens is 416 g/mol. The van der Waals surface area contributed by atoms with Gasteiger partial charge in [-0.1, -0.05) is 29.0 Å². The van der Waals surface area contributed by atoms with E-state index in [9.17, 15) is 9.59 Å². The van der Waals surface area contributed by atoms with Crippen LogP contribution in [-0.2, 0) is 16.1 Å². The predicted octanol–water partition coefficient (Wildman–Crippen LogP) is 3.43. The number of amides is 1. The Bertz CT molecular complexity index is 1170. The number of benzene rings is 2. The molecule has 1 aromatic heterocycles. The Morgan fingerprint density at radius 1 is 1.21 bits per heavy atom. The molecule has 29 heavy (non-hydrogen) atoms. The monoisotopic (exact) mass is 432 g/mol. The molecule has 0 bridgehead atoms. The topological polar surface area (TPSA) is 79.1 Å². The Morgan fingerprint density at radius 3 is 2.69 bits per heavy atom. The molecule has 0 unspecified atom stereocenters. The molecule has 0 saturated heterocycles. The van der Waals surface area contributed by atoms with Crippen molar-refractivity contribution in [1.29, 1.82) is 0 Å². The van der Waals surface area contributed by atoms with Crippen molar-refractivity contribution in [1.82, 2.24) is 4.57 Å². The molecule has 4 rings (SSSR count). The summed E-state index contributed by atoms with van der Waals surface area (Å²) < 4.78 is 18.8. The zero-order chi connectivity index (χ0) is 20.4. The Hall–Kier alpha value is -2.84. The van der Waals surface area contributed by atoms with E-state index in [1.807, 2.05) is 6.07 Å². The molecule has 0 saturated carbocycles. The van der Waals surface area contributed by atoms with E-state index in [0.717, 1.165) is 4.70 Å². The molecule has 2 heterocycles. The summed E-state index contributed by atoms with van der Waals surface area (Å²) in [6.45, 7) is 2.85. The quantitative estimate of drug-likeness (QED) is 0.590. The molecule has 2 aromatic carbocycles. The van der Waals surface area contributed by atoms with Crippen molar-refractivity contribution in [3.8, 4) is 11.5 Å². The lowest BCUT2D eigenvalue weighted by Gasteiger charge is -2.18. The highest BCUT2D eigenvalue weighted by molar-refractivity contribution is 7.16. The first-order valence-corrected chi connectivity index (χ1v) is 10.2. The first-order chi connectivity index (χ1) is 14.0. The van der Waals surface area contributed by atoms with Gasteiger partial charge in [0.2, 0.25) is 0 Å². The van der Waals surface area contributed by atoms with Crippen LogP contribution >= 0.6 is 22.9 Å². The normalized spacial score (nSPS) is 13.5. The molecule has 1 aliphatic heterocycles. The molecule has 0 aliphatic carbocycles. The summed E-state index contributed by atoms with van der Waals surface area (Å²) in [6.07, 6.45) is 0. The van der Waals surface area contributed by atoms with Gasteiger partial charge in [0.25, 0.3) is 5.91 Å². The molecule has 0 spiro atoms. The second kappa shape index (κ2) is 8.26. The number of nitrogens with zero attached hydrogens (tertiary/aromatic N) is 2. The van der Waals surface area contributed by atoms with E-state index in [2.05, 4.69) is 4.99 Å². The number of carbonyl (C=O) groups is 2. The number of esters is 1. The zero-order valence-electron chi connectivity index (χ0n) is 15.5. The van der Waals surface area contributed by atoms with Crippen LogP contribution in [0.25, 0.3) is 10.2 Å². The number of aromatic nitrogens is 1.